The maximum atomic E-state index is 10.6. The van der Waals surface area contributed by atoms with E-state index in [1.165, 1.54) is 0 Å². The second-order valence-corrected chi connectivity index (χ2v) is 3.73. The molecule has 0 aliphatic heterocycles. The molecule has 0 heterocycles. The van der Waals surface area contributed by atoms with E-state index in [0.29, 0.717) is 5.75 Å². The molecule has 1 aromatic rings. The summed E-state index contributed by atoms with van der Waals surface area (Å²) < 4.78 is 34.2. The summed E-state index contributed by atoms with van der Waals surface area (Å²) in [6.45, 7) is 7.93. The lowest BCUT2D eigenvalue weighted by Crippen LogP contribution is -2.17. The van der Waals surface area contributed by atoms with E-state index in [1.54, 1.807) is 24.3 Å². The summed E-state index contributed by atoms with van der Waals surface area (Å²) in [5.41, 5.74) is 0. The maximum Gasteiger partial charge on any atom is 0.416 e. The Morgan fingerprint density at radius 1 is 1.00 bits per heavy atom. The summed E-state index contributed by atoms with van der Waals surface area (Å²) in [5, 5.41) is 0. The monoisotopic (exact) mass is 293 g/mol. The average molecular weight is 293 g/mol. The summed E-state index contributed by atoms with van der Waals surface area (Å²) in [5.74, 6) is 5.08. The van der Waals surface area contributed by atoms with Gasteiger partial charge in [0.1, 0.15) is 19.0 Å². The van der Waals surface area contributed by atoms with Gasteiger partial charge in [-0.2, -0.15) is 18.6 Å². The van der Waals surface area contributed by atoms with Crippen LogP contribution in [0.15, 0.2) is 30.3 Å². The standard InChI is InChI=1S/C8H11NO5S.2C2H6/c9-14-15(10,11)13-7-6-12-8-4-2-1-3-5-8;2*1-2/h1-5H,6-7,9H2;2*1-2H3. The molecule has 0 saturated carbocycles. The van der Waals surface area contributed by atoms with E-state index in [-0.39, 0.29) is 13.2 Å². The first-order valence-corrected chi connectivity index (χ1v) is 7.43. The van der Waals surface area contributed by atoms with Crippen LogP contribution in [-0.2, 0) is 18.9 Å². The van der Waals surface area contributed by atoms with E-state index in [2.05, 4.69) is 14.4 Å². The molecule has 0 aliphatic rings. The van der Waals surface area contributed by atoms with E-state index in [4.69, 9.17) is 4.74 Å². The largest absolute Gasteiger partial charge is 0.491 e. The van der Waals surface area contributed by atoms with Crippen LogP contribution >= 0.6 is 0 Å². The molecular weight excluding hydrogens is 270 g/mol. The zero-order valence-electron chi connectivity index (χ0n) is 11.8. The van der Waals surface area contributed by atoms with Crippen molar-refractivity contribution in [2.45, 2.75) is 27.7 Å². The molecule has 0 bridgehead atoms. The van der Waals surface area contributed by atoms with Crippen molar-refractivity contribution in [3.8, 4) is 5.75 Å². The molecule has 0 saturated heterocycles. The quantitative estimate of drug-likeness (QED) is 0.639. The Bertz CT molecular complexity index is 380. The van der Waals surface area contributed by atoms with Gasteiger partial charge in [-0.25, -0.2) is 4.18 Å². The molecule has 0 aromatic heterocycles. The lowest BCUT2D eigenvalue weighted by Gasteiger charge is -2.05. The highest BCUT2D eigenvalue weighted by molar-refractivity contribution is 7.81. The Labute approximate surface area is 115 Å². The van der Waals surface area contributed by atoms with E-state index < -0.39 is 10.4 Å². The minimum absolute atomic E-state index is 0.0899. The molecule has 0 fully saturated rings. The van der Waals surface area contributed by atoms with Crippen LogP contribution in [0.25, 0.3) is 0 Å². The summed E-state index contributed by atoms with van der Waals surface area (Å²) in [6.07, 6.45) is 0. The van der Waals surface area contributed by atoms with Gasteiger partial charge in [-0.15, -0.1) is 0 Å². The van der Waals surface area contributed by atoms with Gasteiger partial charge < -0.3 is 4.74 Å². The van der Waals surface area contributed by atoms with Crippen molar-refractivity contribution in [2.75, 3.05) is 13.2 Å². The number of ether oxygens (including phenoxy) is 1. The molecule has 7 heteroatoms. The van der Waals surface area contributed by atoms with Crippen LogP contribution < -0.4 is 10.6 Å². The molecule has 6 nitrogen and oxygen atoms in total. The fourth-order valence-corrected chi connectivity index (χ4v) is 1.17. The maximum absolute atomic E-state index is 10.6. The first-order chi connectivity index (χ1) is 9.14. The van der Waals surface area contributed by atoms with Gasteiger partial charge >= 0.3 is 10.4 Å². The zero-order valence-corrected chi connectivity index (χ0v) is 12.6. The van der Waals surface area contributed by atoms with Gasteiger partial charge in [0.2, 0.25) is 0 Å². The van der Waals surface area contributed by atoms with E-state index >= 15 is 0 Å². The molecule has 19 heavy (non-hydrogen) atoms. The van der Waals surface area contributed by atoms with Gasteiger partial charge in [0.15, 0.2) is 0 Å². The Kier molecular flexibility index (Phi) is 14.1. The lowest BCUT2D eigenvalue weighted by atomic mass is 10.3. The van der Waals surface area contributed by atoms with Gasteiger partial charge in [-0.05, 0) is 12.1 Å². The molecule has 2 N–H and O–H groups in total. The van der Waals surface area contributed by atoms with Crippen molar-refractivity contribution in [1.29, 1.82) is 0 Å². The van der Waals surface area contributed by atoms with Crippen LogP contribution in [0.2, 0.25) is 0 Å². The number of rotatable bonds is 6. The average Bonchev–Trinajstić information content (AvgIpc) is 2.49. The predicted octanol–water partition coefficient (Wildman–Crippen LogP) is 2.27. The SMILES string of the molecule is CC.CC.NOS(=O)(=O)OCCOc1ccccc1. The Morgan fingerprint density at radius 3 is 2.00 bits per heavy atom. The highest BCUT2D eigenvalue weighted by Gasteiger charge is 2.08. The van der Waals surface area contributed by atoms with Crippen LogP contribution in [0, 0.1) is 0 Å². The van der Waals surface area contributed by atoms with Crippen molar-refractivity contribution < 1.29 is 21.6 Å². The van der Waals surface area contributed by atoms with E-state index in [1.807, 2.05) is 33.8 Å². The lowest BCUT2D eigenvalue weighted by molar-refractivity contribution is 0.179. The Morgan fingerprint density at radius 2 is 1.53 bits per heavy atom. The summed E-state index contributed by atoms with van der Waals surface area (Å²) in [4.78, 5) is 0. The predicted molar refractivity (Wildman–Crippen MR) is 74.8 cm³/mol. The fourth-order valence-electron chi connectivity index (χ4n) is 0.840. The van der Waals surface area contributed by atoms with E-state index in [9.17, 15) is 8.42 Å². The third kappa shape index (κ3) is 11.7. The van der Waals surface area contributed by atoms with Crippen molar-refractivity contribution in [3.63, 3.8) is 0 Å². The van der Waals surface area contributed by atoms with Crippen LogP contribution in [0.1, 0.15) is 27.7 Å². The molecule has 0 radical (unpaired) electrons. The van der Waals surface area contributed by atoms with Crippen LogP contribution in [0.4, 0.5) is 0 Å². The minimum Gasteiger partial charge on any atom is -0.491 e. The minimum atomic E-state index is -4.08. The number of para-hydroxylation sites is 1. The van der Waals surface area contributed by atoms with Crippen LogP contribution in [-0.4, -0.2) is 21.6 Å². The topological polar surface area (TPSA) is 87.9 Å². The van der Waals surface area contributed by atoms with Crippen LogP contribution in [0.5, 0.6) is 5.75 Å². The first-order valence-electron chi connectivity index (χ1n) is 6.09. The molecule has 0 unspecified atom stereocenters. The highest BCUT2D eigenvalue weighted by atomic mass is 32.3. The van der Waals surface area contributed by atoms with Gasteiger partial charge in [0.05, 0.1) is 0 Å². The number of hydrogen-bond acceptors (Lipinski definition) is 6. The van der Waals surface area contributed by atoms with Crippen molar-refractivity contribution in [3.05, 3.63) is 30.3 Å². The second-order valence-electron chi connectivity index (χ2n) is 2.49. The molecular formula is C12H23NO5S. The molecule has 0 spiro atoms. The van der Waals surface area contributed by atoms with Crippen molar-refractivity contribution in [2.24, 2.45) is 5.90 Å². The summed E-state index contributed by atoms with van der Waals surface area (Å²) >= 11 is 0. The van der Waals surface area contributed by atoms with Crippen molar-refractivity contribution in [1.82, 2.24) is 0 Å². The van der Waals surface area contributed by atoms with Crippen LogP contribution in [0.3, 0.4) is 0 Å². The molecule has 0 atom stereocenters. The Hall–Kier alpha value is -1.15. The number of benzene rings is 1. The molecule has 112 valence electrons. The smallest absolute Gasteiger partial charge is 0.416 e. The fraction of sp³-hybridized carbons (Fsp3) is 0.500. The summed E-state index contributed by atoms with van der Waals surface area (Å²) in [7, 11) is -4.08. The third-order valence-electron chi connectivity index (χ3n) is 1.44. The first kappa shape index (κ1) is 20.2. The summed E-state index contributed by atoms with van der Waals surface area (Å²) in [6, 6.07) is 8.93. The van der Waals surface area contributed by atoms with E-state index in [0.717, 1.165) is 0 Å². The normalized spacial score (nSPS) is 9.53. The molecule has 0 amide bonds. The van der Waals surface area contributed by atoms with Gasteiger partial charge in [0, 0.05) is 0 Å². The zero-order chi connectivity index (χ0) is 15.1. The third-order valence-corrected chi connectivity index (χ3v) is 2.13. The molecule has 0 aliphatic carbocycles. The highest BCUT2D eigenvalue weighted by Crippen LogP contribution is 2.07. The Balaban J connectivity index is 0. The molecule has 1 aromatic carbocycles. The van der Waals surface area contributed by atoms with Crippen molar-refractivity contribution >= 4 is 10.4 Å². The van der Waals surface area contributed by atoms with Gasteiger partial charge in [-0.3, -0.25) is 0 Å². The second kappa shape index (κ2) is 13.3. The molecule has 1 rings (SSSR count). The van der Waals surface area contributed by atoms with Gasteiger partial charge in [-0.1, -0.05) is 45.9 Å². The number of hydrogen-bond donors (Lipinski definition) is 1. The van der Waals surface area contributed by atoms with Gasteiger partial charge in [0.25, 0.3) is 0 Å². The number of nitrogens with two attached hydrogens (primary N) is 1.